The summed E-state index contributed by atoms with van der Waals surface area (Å²) in [4.78, 5) is 122. The minimum absolute atomic E-state index is 0. The van der Waals surface area contributed by atoms with Crippen molar-refractivity contribution in [2.45, 2.75) is 172 Å². The van der Waals surface area contributed by atoms with Crippen LogP contribution in [0.4, 0.5) is 0 Å². The van der Waals surface area contributed by atoms with Crippen LogP contribution in [-0.2, 0) is 51.8 Å². The van der Waals surface area contributed by atoms with Crippen molar-refractivity contribution in [3.63, 3.8) is 0 Å². The average Bonchev–Trinajstić information content (AvgIpc) is 1.57. The Bertz CT molecular complexity index is 5050. The van der Waals surface area contributed by atoms with Crippen molar-refractivity contribution in [2.75, 3.05) is 138 Å². The molecule has 0 spiro atoms. The first-order valence-corrected chi connectivity index (χ1v) is 45.3. The van der Waals surface area contributed by atoms with E-state index in [0.29, 0.717) is 78.8 Å². The number of fused-ring (bicyclic) bond motifs is 5. The Morgan fingerprint density at radius 1 is 0.386 bits per heavy atom. The fraction of sp³-hybridized carbons (Fsp3) is 0.461. The Kier molecular flexibility index (Phi) is 47.5. The van der Waals surface area contributed by atoms with Gasteiger partial charge in [-0.3, -0.25) is 66.9 Å². The lowest BCUT2D eigenvalue weighted by molar-refractivity contribution is -0.138. The van der Waals surface area contributed by atoms with E-state index in [2.05, 4.69) is 153 Å². The van der Waals surface area contributed by atoms with E-state index in [9.17, 15) is 43.2 Å². The first-order chi connectivity index (χ1) is 61.6. The third-order valence-electron chi connectivity index (χ3n) is 24.0. The number of amides is 6. The van der Waals surface area contributed by atoms with E-state index in [1.54, 1.807) is 26.8 Å². The number of hydrogen-bond acceptors (Lipinski definition) is 20. The molecular weight excluding hydrogens is 1730 g/mol. The first-order valence-electron chi connectivity index (χ1n) is 43.2. The van der Waals surface area contributed by atoms with Gasteiger partial charge < -0.3 is 55.3 Å². The highest BCUT2D eigenvalue weighted by Gasteiger charge is 2.47. The van der Waals surface area contributed by atoms with Crippen LogP contribution in [0.25, 0.3) is 0 Å². The molecule has 710 valence electrons. The molecule has 6 amide bonds. The molecule has 6 aromatic carbocycles. The molecule has 0 radical (unpaired) electrons. The molecule has 10 saturated heterocycles. The van der Waals surface area contributed by atoms with Gasteiger partial charge in [0.25, 0.3) is 29.5 Å². The van der Waals surface area contributed by atoms with Crippen LogP contribution in [-0.4, -0.2) is 308 Å². The highest BCUT2D eigenvalue weighted by atomic mass is 31.0. The number of nitrogens with one attached hydrogen (secondary N) is 2. The van der Waals surface area contributed by atoms with Gasteiger partial charge in [0.05, 0.1) is 56.0 Å². The van der Waals surface area contributed by atoms with Crippen LogP contribution in [0.1, 0.15) is 174 Å². The van der Waals surface area contributed by atoms with Crippen molar-refractivity contribution in [3.8, 4) is 61.2 Å². The van der Waals surface area contributed by atoms with Crippen LogP contribution in [0.15, 0.2) is 146 Å². The summed E-state index contributed by atoms with van der Waals surface area (Å²) in [7, 11) is 11.9. The third kappa shape index (κ3) is 30.3. The van der Waals surface area contributed by atoms with Crippen LogP contribution in [0, 0.1) is 68.1 Å². The number of Topliss-reactive ketones (excluding diaryl/α,β-unsaturated/α-hetero) is 2. The number of methoxy groups -OCH3 is 1. The molecular formula is C102H142N16O10P4. The zero-order valence-corrected chi connectivity index (χ0v) is 79.9. The van der Waals surface area contributed by atoms with Gasteiger partial charge in [-0.05, 0) is 130 Å². The summed E-state index contributed by atoms with van der Waals surface area (Å²) in [6, 6.07) is 51.3. The molecule has 4 atom stereocenters. The van der Waals surface area contributed by atoms with Gasteiger partial charge in [0.1, 0.15) is 5.78 Å². The summed E-state index contributed by atoms with van der Waals surface area (Å²) < 4.78 is 13.0. The molecule has 0 saturated carbocycles. The van der Waals surface area contributed by atoms with Crippen molar-refractivity contribution in [1.29, 1.82) is 0 Å². The number of rotatable bonds is 9. The molecule has 4 N–H and O–H groups in total. The van der Waals surface area contributed by atoms with Crippen molar-refractivity contribution >= 4 is 90.5 Å². The number of terminal acetylenes is 3. The second kappa shape index (κ2) is 55.7. The van der Waals surface area contributed by atoms with Gasteiger partial charge in [0.15, 0.2) is 5.78 Å². The van der Waals surface area contributed by atoms with Crippen LogP contribution in [0.5, 0.6) is 0 Å². The monoisotopic (exact) mass is 1880 g/mol. The third-order valence-corrected chi connectivity index (χ3v) is 25.6. The van der Waals surface area contributed by atoms with E-state index in [0.717, 1.165) is 189 Å². The molecule has 6 aromatic rings. The zero-order valence-electron chi connectivity index (χ0n) is 75.3. The first kappa shape index (κ1) is 113. The molecule has 10 fully saturated rings. The Morgan fingerprint density at radius 2 is 0.659 bits per heavy atom. The highest BCUT2D eigenvalue weighted by Crippen LogP contribution is 2.35. The maximum absolute atomic E-state index is 12.4. The second-order valence-electron chi connectivity index (χ2n) is 33.4. The molecule has 15 aliphatic heterocycles. The molecule has 0 bridgehead atoms. The van der Waals surface area contributed by atoms with Crippen molar-refractivity contribution < 1.29 is 47.9 Å². The lowest BCUT2D eigenvalue weighted by Gasteiger charge is -2.53. The molecule has 26 nitrogen and oxygen atoms in total. The van der Waals surface area contributed by atoms with Crippen LogP contribution < -0.4 is 16.4 Å². The topological polar surface area (TPSA) is 255 Å². The summed E-state index contributed by atoms with van der Waals surface area (Å²) in [5.74, 6) is 16.1. The van der Waals surface area contributed by atoms with E-state index in [4.69, 9.17) is 12.2 Å². The quantitative estimate of drug-likeness (QED) is 0.0691. The van der Waals surface area contributed by atoms with E-state index < -0.39 is 0 Å². The van der Waals surface area contributed by atoms with Gasteiger partial charge >= 0.3 is 5.97 Å². The van der Waals surface area contributed by atoms with E-state index >= 15 is 0 Å². The van der Waals surface area contributed by atoms with Gasteiger partial charge in [0.2, 0.25) is 5.91 Å². The smallest absolute Gasteiger partial charge is 0.338 e. The van der Waals surface area contributed by atoms with E-state index in [-0.39, 0.29) is 76.9 Å². The second-order valence-corrected chi connectivity index (χ2v) is 36.3. The van der Waals surface area contributed by atoms with Crippen LogP contribution >= 0.6 is 37.6 Å². The Hall–Kier alpha value is -9.93. The van der Waals surface area contributed by atoms with Gasteiger partial charge in [-0.2, -0.15) is 0 Å². The summed E-state index contributed by atoms with van der Waals surface area (Å²) in [6.07, 6.45) is 17.3. The summed E-state index contributed by atoms with van der Waals surface area (Å²) >= 11 is 0. The Morgan fingerprint density at radius 3 is 0.871 bits per heavy atom. The highest BCUT2D eigenvalue weighted by molar-refractivity contribution is 7.14. The number of carbonyl (C=O) groups is 9. The van der Waals surface area contributed by atoms with Gasteiger partial charge in [0, 0.05) is 209 Å². The summed E-state index contributed by atoms with van der Waals surface area (Å²) in [5.41, 5.74) is 17.3. The van der Waals surface area contributed by atoms with Crippen LogP contribution in [0.3, 0.4) is 0 Å². The molecule has 132 heavy (non-hydrogen) atoms. The number of likely N-dealkylation sites (tertiary alicyclic amines) is 4. The number of nitrogens with zero attached hydrogens (tertiary/aromatic N) is 13. The lowest BCUT2D eigenvalue weighted by Crippen LogP contribution is -2.70. The maximum Gasteiger partial charge on any atom is 0.338 e. The standard InChI is InChI=1S/C16H19N3O2.C14H18N3OP.C14H17N3O.C11H13N2OP.C11H12N2O.C9H10O2.C5H4.C4H6.C3H9N2P.C3H6NOP.C3H6O.C3H4.C2H2.4CH4/c1-11(20)17-7-13(8-17)18-9-14(10-18)19-6-12-4-2-3-5-15(12)16(19)21;18-14-13-4-2-1-3-10(13)5-17(14)12-6-15(7-12)11-8-16(19)9-11;18-14-13-4-2-1-3-10(13)7-17(14)12-8-16(9-12)11-5-15-6-11;14-11-10-4-2-1-3-8(10)5-13(11)9-6-12(15)7-9;14-11-10-4-2-1-3-8(10)7-13(11)9-5-12-6-9;1-7-5-3-4-6-8(7)9(10)11-2;1-3-5-4-2;1-3-4-2;4-3-1-5(6)2-3;5-3-1-4(6)2-3;1-3(2)4;1-3-2;1-2;;;;/h2-5,13-14H,6-10H2,1H3;1-4,11-12H,5-9,19H2;1-4,11-12,15H,5-9H2;1-4,9H,5-7,15H2;1-4,9,12H,5-7H2;3-6H,1-2H3;1H,2H3;1-2H3;3H,1-2,4,6H2;1-2,6H2;1-2H3;1H,2H3;1-2H;4*1H4. The lowest BCUT2D eigenvalue weighted by atomic mass is 9.99. The number of ketones is 2. The fourth-order valence-electron chi connectivity index (χ4n) is 16.1. The van der Waals surface area contributed by atoms with Gasteiger partial charge in [-0.15, -0.1) is 43.5 Å². The van der Waals surface area contributed by atoms with Gasteiger partial charge in [-0.25, -0.2) is 4.79 Å². The fourth-order valence-corrected chi connectivity index (χ4v) is 18.0. The minimum atomic E-state index is -0.275. The molecule has 0 aromatic heterocycles. The van der Waals surface area contributed by atoms with E-state index in [1.165, 1.54) is 43.2 Å². The van der Waals surface area contributed by atoms with Crippen molar-refractivity contribution in [3.05, 3.63) is 212 Å². The molecule has 15 heterocycles. The number of nitrogens with two attached hydrogens (primary N) is 1. The summed E-state index contributed by atoms with van der Waals surface area (Å²) in [6.45, 7) is 36.9. The molecule has 0 aliphatic carbocycles. The predicted octanol–water partition coefficient (Wildman–Crippen LogP) is 9.95. The number of aryl methyl sites for hydroxylation is 1. The molecule has 30 heteroatoms. The number of benzene rings is 6. The number of esters is 1. The SMILES string of the molecule is C.C.C.C.C#C.C#CC.C#CC#CC.CC#CC.CC(=O)N1CC(N2CC(N3Cc4ccccc4C3=O)C2)C1.CC(C)=O.COC(=O)c1ccccc1C.NC1CN(P)C1.O=C1CN(P)C1.O=C1c2ccccc2CN1C1CN(C2CN(P)C2)C1.O=C1c2ccccc2CN1C1CN(C2CNC2)C1.O=C1c2ccccc2CN1C1CN(P)C1.O=C1c2ccccc2CN1C1CNC1. The molecule has 4 unspecified atom stereocenters. The molecule has 15 aliphatic rings. The van der Waals surface area contributed by atoms with Crippen molar-refractivity contribution in [1.82, 2.24) is 73.4 Å². The maximum atomic E-state index is 12.4. The Balaban J connectivity index is 0.000000264. The molecule has 21 rings (SSSR count). The number of ether oxygens (including phenoxy) is 1. The van der Waals surface area contributed by atoms with E-state index in [1.807, 2.05) is 177 Å². The number of carbonyl (C=O) groups excluding carboxylic acids is 9. The Labute approximate surface area is 796 Å². The largest absolute Gasteiger partial charge is 0.465 e. The normalized spacial score (nSPS) is 19.0. The minimum Gasteiger partial charge on any atom is -0.465 e. The predicted molar refractivity (Wildman–Crippen MR) is 544 cm³/mol. The van der Waals surface area contributed by atoms with Gasteiger partial charge in [-0.1, -0.05) is 182 Å². The average molecular weight is 1880 g/mol. The number of hydrogen-bond donors (Lipinski definition) is 3. The van der Waals surface area contributed by atoms with Crippen molar-refractivity contribution in [2.24, 2.45) is 5.73 Å². The zero-order chi connectivity index (χ0) is 92.8. The summed E-state index contributed by atoms with van der Waals surface area (Å²) in [5, 5.41) is 6.49. The van der Waals surface area contributed by atoms with Crippen LogP contribution in [0.2, 0.25) is 0 Å².